The molecule has 0 fully saturated rings. The molecule has 84 valence electrons. The number of aliphatic hydroxyl groups excluding tert-OH is 1. The molecular weight excluding hydrogens is 221 g/mol. The fourth-order valence-electron chi connectivity index (χ4n) is 1.09. The van der Waals surface area contributed by atoms with Crippen LogP contribution in [0, 0.1) is 5.82 Å². The van der Waals surface area contributed by atoms with Crippen molar-refractivity contribution in [2.45, 2.75) is 19.4 Å². The van der Waals surface area contributed by atoms with E-state index in [0.717, 1.165) is 6.20 Å². The lowest BCUT2D eigenvalue weighted by Gasteiger charge is -2.19. The van der Waals surface area contributed by atoms with Gasteiger partial charge in [0, 0.05) is 13.6 Å². The SMILES string of the molecule is CC(O)CCN(C)c1nc(Cl)ncc1F. The van der Waals surface area contributed by atoms with Gasteiger partial charge in [0.2, 0.25) is 5.28 Å². The summed E-state index contributed by atoms with van der Waals surface area (Å²) in [5.74, 6) is -0.372. The van der Waals surface area contributed by atoms with E-state index >= 15 is 0 Å². The molecule has 15 heavy (non-hydrogen) atoms. The van der Waals surface area contributed by atoms with E-state index in [2.05, 4.69) is 9.97 Å². The molecule has 0 bridgehead atoms. The molecule has 1 heterocycles. The molecule has 0 saturated carbocycles. The van der Waals surface area contributed by atoms with Crippen LogP contribution < -0.4 is 4.90 Å². The van der Waals surface area contributed by atoms with Gasteiger partial charge in [0.15, 0.2) is 11.6 Å². The quantitative estimate of drug-likeness (QED) is 0.801. The summed E-state index contributed by atoms with van der Waals surface area (Å²) in [5.41, 5.74) is 0. The average molecular weight is 234 g/mol. The molecule has 0 aliphatic rings. The first-order valence-corrected chi connectivity index (χ1v) is 4.95. The minimum absolute atomic E-state index is 0.00953. The summed E-state index contributed by atoms with van der Waals surface area (Å²) < 4.78 is 13.3. The number of halogens is 2. The van der Waals surface area contributed by atoms with Gasteiger partial charge >= 0.3 is 0 Å². The lowest BCUT2D eigenvalue weighted by molar-refractivity contribution is 0.186. The van der Waals surface area contributed by atoms with Crippen LogP contribution in [0.5, 0.6) is 0 Å². The summed E-state index contributed by atoms with van der Waals surface area (Å²) in [4.78, 5) is 8.89. The monoisotopic (exact) mass is 233 g/mol. The van der Waals surface area contributed by atoms with Crippen molar-refractivity contribution in [3.63, 3.8) is 0 Å². The lowest BCUT2D eigenvalue weighted by atomic mass is 10.3. The standard InChI is InChI=1S/C9H13ClFN3O/c1-6(15)3-4-14(2)8-7(11)5-12-9(10)13-8/h5-6,15H,3-4H2,1-2H3. The molecule has 4 nitrogen and oxygen atoms in total. The minimum Gasteiger partial charge on any atom is -0.393 e. The van der Waals surface area contributed by atoms with Crippen molar-refractivity contribution in [3.05, 3.63) is 17.3 Å². The van der Waals surface area contributed by atoms with Gasteiger partial charge in [0.1, 0.15) is 0 Å². The van der Waals surface area contributed by atoms with Gasteiger partial charge in [0.25, 0.3) is 0 Å². The molecule has 1 N–H and O–H groups in total. The number of anilines is 1. The molecule has 6 heteroatoms. The van der Waals surface area contributed by atoms with E-state index in [1.807, 2.05) is 0 Å². The third-order valence-corrected chi connectivity index (χ3v) is 2.12. The van der Waals surface area contributed by atoms with E-state index in [9.17, 15) is 4.39 Å². The summed E-state index contributed by atoms with van der Waals surface area (Å²) in [6.07, 6.45) is 1.15. The second-order valence-corrected chi connectivity index (χ2v) is 3.71. The number of rotatable bonds is 4. The maximum Gasteiger partial charge on any atom is 0.224 e. The van der Waals surface area contributed by atoms with Crippen LogP contribution in [0.25, 0.3) is 0 Å². The van der Waals surface area contributed by atoms with Crippen LogP contribution in [0.2, 0.25) is 5.28 Å². The summed E-state index contributed by atoms with van der Waals surface area (Å²) in [7, 11) is 1.68. The Morgan fingerprint density at radius 3 is 2.93 bits per heavy atom. The molecule has 0 amide bonds. The fraction of sp³-hybridized carbons (Fsp3) is 0.556. The van der Waals surface area contributed by atoms with Gasteiger partial charge in [-0.25, -0.2) is 9.37 Å². The van der Waals surface area contributed by atoms with Crippen LogP contribution in [0.3, 0.4) is 0 Å². The van der Waals surface area contributed by atoms with Gasteiger partial charge in [-0.3, -0.25) is 0 Å². The third-order valence-electron chi connectivity index (χ3n) is 1.94. The Balaban J connectivity index is 2.72. The Labute approximate surface area is 92.7 Å². The third kappa shape index (κ3) is 3.60. The Hall–Kier alpha value is -0.940. The zero-order valence-electron chi connectivity index (χ0n) is 8.61. The molecule has 0 aromatic carbocycles. The Morgan fingerprint density at radius 1 is 1.67 bits per heavy atom. The molecule has 1 atom stereocenters. The van der Waals surface area contributed by atoms with Crippen LogP contribution in [0.1, 0.15) is 13.3 Å². The first-order valence-electron chi connectivity index (χ1n) is 4.58. The summed E-state index contributed by atoms with van der Waals surface area (Å²) in [6, 6.07) is 0. The van der Waals surface area contributed by atoms with Crippen molar-refractivity contribution < 1.29 is 9.50 Å². The Kier molecular flexibility index (Phi) is 4.23. The van der Waals surface area contributed by atoms with E-state index in [0.29, 0.717) is 13.0 Å². The van der Waals surface area contributed by atoms with Crippen molar-refractivity contribution in [2.75, 3.05) is 18.5 Å². The highest BCUT2D eigenvalue weighted by Gasteiger charge is 2.11. The van der Waals surface area contributed by atoms with Crippen molar-refractivity contribution in [3.8, 4) is 0 Å². The minimum atomic E-state index is -0.521. The highest BCUT2D eigenvalue weighted by atomic mass is 35.5. The molecule has 0 aliphatic carbocycles. The molecule has 1 aromatic rings. The second kappa shape index (κ2) is 5.23. The number of aromatic nitrogens is 2. The molecule has 0 spiro atoms. The lowest BCUT2D eigenvalue weighted by Crippen LogP contribution is -2.24. The zero-order chi connectivity index (χ0) is 11.4. The van der Waals surface area contributed by atoms with Gasteiger partial charge in [-0.2, -0.15) is 4.98 Å². The predicted molar refractivity (Wildman–Crippen MR) is 56.6 cm³/mol. The molecule has 1 rings (SSSR count). The number of aliphatic hydroxyl groups is 1. The smallest absolute Gasteiger partial charge is 0.224 e. The summed E-state index contributed by atoms with van der Waals surface area (Å²) in [5, 5.41) is 9.10. The fourth-order valence-corrected chi connectivity index (χ4v) is 1.22. The summed E-state index contributed by atoms with van der Waals surface area (Å²) >= 11 is 5.56. The van der Waals surface area contributed by atoms with E-state index in [1.165, 1.54) is 0 Å². The van der Waals surface area contributed by atoms with Crippen molar-refractivity contribution in [2.24, 2.45) is 0 Å². The average Bonchev–Trinajstić information content (AvgIpc) is 2.18. The van der Waals surface area contributed by atoms with Gasteiger partial charge < -0.3 is 10.0 Å². The van der Waals surface area contributed by atoms with Crippen molar-refractivity contribution >= 4 is 17.4 Å². The molecular formula is C9H13ClFN3O. The maximum absolute atomic E-state index is 13.3. The highest BCUT2D eigenvalue weighted by Crippen LogP contribution is 2.16. The first-order chi connectivity index (χ1) is 7.00. The highest BCUT2D eigenvalue weighted by molar-refractivity contribution is 6.28. The number of hydrogen-bond acceptors (Lipinski definition) is 4. The van der Waals surface area contributed by atoms with Crippen LogP contribution in [-0.2, 0) is 0 Å². The first kappa shape index (κ1) is 12.1. The van der Waals surface area contributed by atoms with Crippen LogP contribution >= 0.6 is 11.6 Å². The molecule has 0 saturated heterocycles. The molecule has 0 radical (unpaired) electrons. The zero-order valence-corrected chi connectivity index (χ0v) is 9.37. The number of hydrogen-bond donors (Lipinski definition) is 1. The van der Waals surface area contributed by atoms with Crippen molar-refractivity contribution in [1.29, 1.82) is 0 Å². The van der Waals surface area contributed by atoms with Gasteiger partial charge in [0.05, 0.1) is 12.3 Å². The van der Waals surface area contributed by atoms with Crippen molar-refractivity contribution in [1.82, 2.24) is 9.97 Å². The Bertz CT molecular complexity index is 335. The molecule has 0 aliphatic heterocycles. The predicted octanol–water partition coefficient (Wildman–Crippen LogP) is 1.48. The van der Waals surface area contributed by atoms with Crippen LogP contribution in [-0.4, -0.2) is 34.8 Å². The van der Waals surface area contributed by atoms with Crippen LogP contribution in [0.4, 0.5) is 10.2 Å². The van der Waals surface area contributed by atoms with Gasteiger partial charge in [-0.1, -0.05) is 0 Å². The largest absolute Gasteiger partial charge is 0.393 e. The van der Waals surface area contributed by atoms with Gasteiger partial charge in [-0.05, 0) is 24.9 Å². The number of nitrogens with zero attached hydrogens (tertiary/aromatic N) is 3. The molecule has 1 aromatic heterocycles. The molecule has 1 unspecified atom stereocenters. The van der Waals surface area contributed by atoms with Gasteiger partial charge in [-0.15, -0.1) is 0 Å². The van der Waals surface area contributed by atoms with E-state index in [4.69, 9.17) is 16.7 Å². The topological polar surface area (TPSA) is 49.2 Å². The normalized spacial score (nSPS) is 12.6. The van der Waals surface area contributed by atoms with E-state index < -0.39 is 11.9 Å². The van der Waals surface area contributed by atoms with Crippen LogP contribution in [0.15, 0.2) is 6.20 Å². The maximum atomic E-state index is 13.3. The van der Waals surface area contributed by atoms with E-state index in [1.54, 1.807) is 18.9 Å². The second-order valence-electron chi connectivity index (χ2n) is 3.37. The van der Waals surface area contributed by atoms with E-state index in [-0.39, 0.29) is 11.1 Å². The Morgan fingerprint density at radius 2 is 2.33 bits per heavy atom. The summed E-state index contributed by atoms with van der Waals surface area (Å²) in [6.45, 7) is 2.18.